The quantitative estimate of drug-likeness (QED) is 0.353. The number of hydrogen-bond acceptors (Lipinski definition) is 4. The summed E-state index contributed by atoms with van der Waals surface area (Å²) in [6, 6.07) is 7.80. The highest BCUT2D eigenvalue weighted by Gasteiger charge is 2.30. The van der Waals surface area contributed by atoms with Crippen molar-refractivity contribution < 1.29 is 36.0 Å². The highest BCUT2D eigenvalue weighted by molar-refractivity contribution is 7.90. The molecule has 1 aliphatic heterocycles. The largest absolute Gasteiger partial charge is 0.542 e. The van der Waals surface area contributed by atoms with Crippen LogP contribution in [0.25, 0.3) is 0 Å². The minimum atomic E-state index is -5.19. The summed E-state index contributed by atoms with van der Waals surface area (Å²) in [5.41, 5.74) is 1.89. The number of likely N-dealkylation sites (N-methyl/N-ethyl adjacent to an activating group) is 1. The van der Waals surface area contributed by atoms with Crippen molar-refractivity contribution in [2.45, 2.75) is 76.9 Å². The van der Waals surface area contributed by atoms with Gasteiger partial charge >= 0.3 is 6.18 Å². The fourth-order valence-corrected chi connectivity index (χ4v) is 5.03. The predicted octanol–water partition coefficient (Wildman–Crippen LogP) is 3.37. The van der Waals surface area contributed by atoms with Gasteiger partial charge in [-0.15, -0.1) is 0 Å². The highest BCUT2D eigenvalue weighted by Crippen LogP contribution is 2.17. The van der Waals surface area contributed by atoms with E-state index in [9.17, 15) is 21.6 Å². The third-order valence-corrected chi connectivity index (χ3v) is 6.76. The van der Waals surface area contributed by atoms with Gasteiger partial charge in [0.05, 0.1) is 33.2 Å². The van der Waals surface area contributed by atoms with Gasteiger partial charge in [-0.05, 0) is 43.4 Å². The van der Waals surface area contributed by atoms with Gasteiger partial charge in [-0.25, -0.2) is 0 Å². The number of hydrogen-bond donors (Lipinski definition) is 2. The Morgan fingerprint density at radius 1 is 1.09 bits per heavy atom. The fraction of sp³-hybridized carbons (Fsp3) is 0.696. The smallest absolute Gasteiger partial charge is 0.430 e. The van der Waals surface area contributed by atoms with Crippen molar-refractivity contribution in [1.29, 1.82) is 0 Å². The molecule has 1 aromatic rings. The Bertz CT molecular complexity index is 844. The zero-order valence-electron chi connectivity index (χ0n) is 20.3. The number of aliphatic carboxylic acids is 1. The zero-order chi connectivity index (χ0) is 25.8. The number of unbranched alkanes of at least 4 members (excludes halogenated alkanes) is 5. The molecule has 196 valence electrons. The van der Waals surface area contributed by atoms with E-state index in [1.54, 1.807) is 0 Å². The molecule has 1 heterocycles. The molecular formula is C23H38F3N3O4S. The second-order valence-corrected chi connectivity index (χ2v) is 10.9. The molecule has 0 aromatic heterocycles. The average Bonchev–Trinajstić information content (AvgIpc) is 2.70. The summed E-state index contributed by atoms with van der Waals surface area (Å²) in [4.78, 5) is 8.78. The third kappa shape index (κ3) is 13.1. The first kappa shape index (κ1) is 30.2. The van der Waals surface area contributed by atoms with Gasteiger partial charge in [0.25, 0.3) is 10.2 Å². The second-order valence-electron chi connectivity index (χ2n) is 9.40. The van der Waals surface area contributed by atoms with E-state index in [-0.39, 0.29) is 6.04 Å². The van der Waals surface area contributed by atoms with Crippen molar-refractivity contribution in [2.75, 3.05) is 31.9 Å². The molecule has 1 unspecified atom stereocenters. The molecule has 34 heavy (non-hydrogen) atoms. The number of piperidine rings is 1. The van der Waals surface area contributed by atoms with Crippen LogP contribution in [0.4, 0.5) is 18.9 Å². The Morgan fingerprint density at radius 2 is 1.65 bits per heavy atom. The normalized spacial score (nSPS) is 18.0. The average molecular weight is 510 g/mol. The van der Waals surface area contributed by atoms with Crippen LogP contribution in [0.5, 0.6) is 0 Å². The molecule has 1 saturated heterocycles. The fourth-order valence-electron chi connectivity index (χ4n) is 3.89. The number of nitrogens with zero attached hydrogens (tertiary/aromatic N) is 1. The van der Waals surface area contributed by atoms with Crippen molar-refractivity contribution in [1.82, 2.24) is 4.72 Å². The van der Waals surface area contributed by atoms with Gasteiger partial charge in [-0.2, -0.15) is 26.3 Å². The number of quaternary nitrogens is 1. The van der Waals surface area contributed by atoms with Crippen LogP contribution in [0.3, 0.4) is 0 Å². The van der Waals surface area contributed by atoms with E-state index in [2.05, 4.69) is 30.5 Å². The van der Waals surface area contributed by atoms with Gasteiger partial charge < -0.3 is 14.4 Å². The van der Waals surface area contributed by atoms with Gasteiger partial charge in [0.2, 0.25) is 0 Å². The number of carbonyl (C=O) groups excluding carboxylic acids is 1. The lowest BCUT2D eigenvalue weighted by Crippen LogP contribution is -2.55. The number of aryl methyl sites for hydroxylation is 1. The van der Waals surface area contributed by atoms with Crippen LogP contribution in [0, 0.1) is 0 Å². The van der Waals surface area contributed by atoms with Gasteiger partial charge in [0.1, 0.15) is 5.97 Å². The van der Waals surface area contributed by atoms with Crippen LogP contribution in [-0.4, -0.2) is 58.3 Å². The van der Waals surface area contributed by atoms with Crippen molar-refractivity contribution in [3.8, 4) is 0 Å². The summed E-state index contributed by atoms with van der Waals surface area (Å²) in [5.74, 6) is -3.01. The molecule has 7 nitrogen and oxygen atoms in total. The number of carboxylic acids is 1. The lowest BCUT2D eigenvalue weighted by molar-refractivity contribution is -0.895. The summed E-state index contributed by atoms with van der Waals surface area (Å²) >= 11 is 0. The van der Waals surface area contributed by atoms with Gasteiger partial charge in [0, 0.05) is 5.69 Å². The van der Waals surface area contributed by atoms with Crippen LogP contribution in [0.15, 0.2) is 24.3 Å². The maximum atomic E-state index is 12.4. The number of likely N-dealkylation sites (tertiary alicyclic amines) is 1. The Morgan fingerprint density at radius 3 is 2.18 bits per heavy atom. The van der Waals surface area contributed by atoms with Crippen molar-refractivity contribution in [3.05, 3.63) is 29.8 Å². The van der Waals surface area contributed by atoms with Gasteiger partial charge in [-0.1, -0.05) is 51.2 Å². The molecule has 2 N–H and O–H groups in total. The number of alkyl halides is 3. The van der Waals surface area contributed by atoms with Crippen LogP contribution >= 0.6 is 0 Å². The van der Waals surface area contributed by atoms with Crippen LogP contribution in [0.2, 0.25) is 0 Å². The first-order valence-electron chi connectivity index (χ1n) is 11.7. The van der Waals surface area contributed by atoms with Gasteiger partial charge in [0.15, 0.2) is 0 Å². The Kier molecular flexibility index (Phi) is 12.3. The van der Waals surface area contributed by atoms with Crippen molar-refractivity contribution in [3.63, 3.8) is 0 Å². The molecule has 0 amide bonds. The number of carbonyl (C=O) groups is 1. The van der Waals surface area contributed by atoms with Crippen LogP contribution in [0.1, 0.15) is 63.9 Å². The van der Waals surface area contributed by atoms with Crippen molar-refractivity contribution in [2.24, 2.45) is 0 Å². The number of halogens is 3. The molecule has 1 fully saturated rings. The topological polar surface area (TPSA) is 98.3 Å². The molecule has 2 rings (SSSR count). The number of nitrogens with one attached hydrogen (secondary N) is 2. The Labute approximate surface area is 201 Å². The van der Waals surface area contributed by atoms with Crippen molar-refractivity contribution >= 4 is 21.9 Å². The molecule has 0 spiro atoms. The SMILES string of the molecule is CCCCCCCCc1ccc(NS(=O)(=O)NC2CCC[N+](C)(C)C2)cc1.O=C([O-])C(F)(F)F. The number of rotatable bonds is 11. The summed E-state index contributed by atoms with van der Waals surface area (Å²) < 4.78 is 62.8. The summed E-state index contributed by atoms with van der Waals surface area (Å²) in [6.07, 6.45) is 5.56. The molecule has 1 aliphatic rings. The van der Waals surface area contributed by atoms with Gasteiger partial charge in [-0.3, -0.25) is 4.72 Å². The predicted molar refractivity (Wildman–Crippen MR) is 125 cm³/mol. The molecular weight excluding hydrogens is 471 g/mol. The molecule has 0 aliphatic carbocycles. The molecule has 1 atom stereocenters. The summed E-state index contributed by atoms with van der Waals surface area (Å²) in [7, 11) is 0.761. The zero-order valence-corrected chi connectivity index (χ0v) is 21.1. The maximum absolute atomic E-state index is 12.4. The molecule has 0 radical (unpaired) electrons. The Hall–Kier alpha value is -1.85. The maximum Gasteiger partial charge on any atom is 0.430 e. The van der Waals surface area contributed by atoms with Crippen LogP contribution in [-0.2, 0) is 21.4 Å². The highest BCUT2D eigenvalue weighted by atomic mass is 32.2. The molecule has 1 aromatic carbocycles. The first-order valence-corrected chi connectivity index (χ1v) is 13.2. The number of anilines is 1. The monoisotopic (exact) mass is 509 g/mol. The lowest BCUT2D eigenvalue weighted by Gasteiger charge is -2.38. The minimum Gasteiger partial charge on any atom is -0.542 e. The number of carboxylic acid groups (broad SMARTS) is 1. The minimum absolute atomic E-state index is 0.00164. The molecule has 11 heteroatoms. The summed E-state index contributed by atoms with van der Waals surface area (Å²) in [5, 5.41) is 8.78. The van der Waals surface area contributed by atoms with E-state index in [0.717, 1.165) is 36.8 Å². The summed E-state index contributed by atoms with van der Waals surface area (Å²) in [6.45, 7) is 4.17. The number of benzene rings is 1. The third-order valence-electron chi connectivity index (χ3n) is 5.61. The van der Waals surface area contributed by atoms with E-state index in [1.165, 1.54) is 44.1 Å². The van der Waals surface area contributed by atoms with E-state index < -0.39 is 22.4 Å². The van der Waals surface area contributed by atoms with E-state index in [1.807, 2.05) is 24.3 Å². The van der Waals surface area contributed by atoms with E-state index in [0.29, 0.717) is 5.69 Å². The standard InChI is InChI=1S/C21H38N3O2S.C2HF3O2/c1-4-5-6-7-8-9-11-19-13-15-20(16-14-19)22-27(25,26)23-21-12-10-17-24(2,3)18-21;3-2(4,5)1(6)7/h13-16,21-23H,4-12,17-18H2,1-3H3;(H,6,7)/q+1;/p-1. The second kappa shape index (κ2) is 13.9. The molecule has 0 bridgehead atoms. The van der Waals surface area contributed by atoms with E-state index in [4.69, 9.17) is 9.90 Å². The lowest BCUT2D eigenvalue weighted by atomic mass is 10.0. The van der Waals surface area contributed by atoms with E-state index >= 15 is 0 Å². The Balaban J connectivity index is 0.000000718. The van der Waals surface area contributed by atoms with Crippen LogP contribution < -0.4 is 14.6 Å². The molecule has 0 saturated carbocycles. The first-order chi connectivity index (χ1) is 15.7.